The number of carbonyl (C=O) groups is 2. The maximum atomic E-state index is 12.6. The number of halogens is 3. The molecule has 2 amide bonds. The fraction of sp³-hybridized carbons (Fsp3) is 0. The molecule has 0 bridgehead atoms. The summed E-state index contributed by atoms with van der Waals surface area (Å²) in [5.41, 5.74) is 1.89. The van der Waals surface area contributed by atoms with Crippen LogP contribution in [-0.4, -0.2) is 23.1 Å². The summed E-state index contributed by atoms with van der Waals surface area (Å²) in [5.74, 6) is -0.893. The van der Waals surface area contributed by atoms with E-state index >= 15 is 0 Å². The van der Waals surface area contributed by atoms with Gasteiger partial charge in [-0.1, -0.05) is 51.3 Å². The zero-order valence-corrected chi connectivity index (χ0v) is 17.7. The van der Waals surface area contributed by atoms with E-state index in [2.05, 4.69) is 20.9 Å². The lowest BCUT2D eigenvalue weighted by Crippen LogP contribution is -2.29. The van der Waals surface area contributed by atoms with E-state index in [1.165, 1.54) is 12.3 Å². The van der Waals surface area contributed by atoms with Gasteiger partial charge in [0.2, 0.25) is 0 Å². The number of anilines is 1. The molecule has 0 saturated heterocycles. The van der Waals surface area contributed by atoms with Crippen molar-refractivity contribution in [3.05, 3.63) is 85.8 Å². The van der Waals surface area contributed by atoms with Gasteiger partial charge >= 0.3 is 0 Å². The van der Waals surface area contributed by atoms with Gasteiger partial charge in [-0.2, -0.15) is 0 Å². The minimum atomic E-state index is -0.397. The van der Waals surface area contributed by atoms with Crippen molar-refractivity contribution in [2.24, 2.45) is 4.99 Å². The van der Waals surface area contributed by atoms with Gasteiger partial charge in [0.25, 0.3) is 11.8 Å². The number of imide groups is 1. The van der Waals surface area contributed by atoms with Crippen LogP contribution in [0.15, 0.2) is 64.1 Å². The number of hydrogen-bond acceptors (Lipinski definition) is 4. The Morgan fingerprint density at radius 2 is 1.59 bits per heavy atom. The van der Waals surface area contributed by atoms with Gasteiger partial charge in [-0.15, -0.1) is 0 Å². The number of nitrogens with zero attached hydrogens (tertiary/aromatic N) is 2. The molecule has 29 heavy (non-hydrogen) atoms. The second-order valence-corrected chi connectivity index (χ2v) is 7.94. The number of amides is 2. The highest BCUT2D eigenvalue weighted by atomic mass is 79.9. The average Bonchev–Trinajstić information content (AvgIpc) is 2.95. The normalized spacial score (nSPS) is 13.4. The van der Waals surface area contributed by atoms with Gasteiger partial charge in [0, 0.05) is 16.3 Å². The van der Waals surface area contributed by atoms with Crippen LogP contribution < -0.4 is 4.90 Å². The van der Waals surface area contributed by atoms with Crippen molar-refractivity contribution in [1.82, 2.24) is 0 Å². The number of benzene rings is 3. The Bertz CT molecular complexity index is 1180. The summed E-state index contributed by atoms with van der Waals surface area (Å²) >= 11 is 15.6. The molecular weight excluding hydrogens is 479 g/mol. The van der Waals surface area contributed by atoms with Crippen molar-refractivity contribution in [2.75, 3.05) is 4.90 Å². The van der Waals surface area contributed by atoms with Gasteiger partial charge < -0.3 is 5.11 Å². The predicted octanol–water partition coefficient (Wildman–Crippen LogP) is 6.01. The van der Waals surface area contributed by atoms with Crippen LogP contribution in [0.5, 0.6) is 5.75 Å². The third-order valence-electron chi connectivity index (χ3n) is 4.38. The predicted molar refractivity (Wildman–Crippen MR) is 117 cm³/mol. The first-order valence-electron chi connectivity index (χ1n) is 8.36. The van der Waals surface area contributed by atoms with Crippen LogP contribution in [0, 0.1) is 0 Å². The van der Waals surface area contributed by atoms with Crippen LogP contribution in [-0.2, 0) is 0 Å². The second-order valence-electron chi connectivity index (χ2n) is 6.21. The average molecular weight is 490 g/mol. The number of phenols is 1. The Morgan fingerprint density at radius 3 is 2.21 bits per heavy atom. The highest BCUT2D eigenvalue weighted by molar-refractivity contribution is 9.10. The van der Waals surface area contributed by atoms with Crippen LogP contribution >= 0.6 is 39.1 Å². The minimum Gasteiger partial charge on any atom is -0.506 e. The molecule has 0 fully saturated rings. The number of aliphatic imine (C=N–C) groups is 1. The zero-order valence-electron chi connectivity index (χ0n) is 14.6. The van der Waals surface area contributed by atoms with Gasteiger partial charge in [0.05, 0.1) is 32.5 Å². The lowest BCUT2D eigenvalue weighted by atomic mass is 10.1. The maximum Gasteiger partial charge on any atom is 0.266 e. The third-order valence-corrected chi connectivity index (χ3v) is 5.43. The number of hydrogen-bond donors (Lipinski definition) is 1. The van der Waals surface area contributed by atoms with Gasteiger partial charge in [-0.25, -0.2) is 4.90 Å². The van der Waals surface area contributed by atoms with Crippen LogP contribution in [0.4, 0.5) is 11.4 Å². The topological polar surface area (TPSA) is 70.0 Å². The van der Waals surface area contributed by atoms with Crippen LogP contribution in [0.2, 0.25) is 10.0 Å². The lowest BCUT2D eigenvalue weighted by Gasteiger charge is -2.14. The molecule has 1 heterocycles. The molecule has 5 nitrogen and oxygen atoms in total. The quantitative estimate of drug-likeness (QED) is 0.361. The first-order chi connectivity index (χ1) is 13.9. The molecule has 0 spiro atoms. The largest absolute Gasteiger partial charge is 0.506 e. The van der Waals surface area contributed by atoms with Gasteiger partial charge in [0.1, 0.15) is 5.75 Å². The van der Waals surface area contributed by atoms with Crippen LogP contribution in [0.25, 0.3) is 0 Å². The number of carbonyl (C=O) groups excluding carboxylic acids is 2. The van der Waals surface area contributed by atoms with Gasteiger partial charge in [-0.05, 0) is 42.5 Å². The lowest BCUT2D eigenvalue weighted by molar-refractivity contribution is 0.0926. The molecule has 0 atom stereocenters. The molecule has 0 saturated carbocycles. The van der Waals surface area contributed by atoms with E-state index in [0.29, 0.717) is 32.5 Å². The van der Waals surface area contributed by atoms with Crippen molar-refractivity contribution < 1.29 is 14.7 Å². The first-order valence-corrected chi connectivity index (χ1v) is 9.91. The molecule has 3 aromatic rings. The Kier molecular flexibility index (Phi) is 5.17. The first kappa shape index (κ1) is 19.6. The number of rotatable bonds is 3. The molecule has 3 aromatic carbocycles. The Hall–Kier alpha value is -2.67. The molecule has 0 radical (unpaired) electrons. The molecule has 0 aromatic heterocycles. The summed E-state index contributed by atoms with van der Waals surface area (Å²) < 4.78 is 0.689. The summed E-state index contributed by atoms with van der Waals surface area (Å²) in [6.07, 6.45) is 1.43. The van der Waals surface area contributed by atoms with Gasteiger partial charge in [-0.3, -0.25) is 14.6 Å². The summed E-state index contributed by atoms with van der Waals surface area (Å²) in [5, 5.41) is 10.5. The minimum absolute atomic E-state index is 0.0996. The second kappa shape index (κ2) is 7.63. The maximum absolute atomic E-state index is 12.6. The Morgan fingerprint density at radius 1 is 0.931 bits per heavy atom. The number of fused-ring (bicyclic) bond motifs is 1. The summed E-state index contributed by atoms with van der Waals surface area (Å²) in [6, 6.07) is 14.6. The highest BCUT2D eigenvalue weighted by Crippen LogP contribution is 2.35. The van der Waals surface area contributed by atoms with Crippen molar-refractivity contribution in [1.29, 1.82) is 0 Å². The van der Waals surface area contributed by atoms with Crippen molar-refractivity contribution in [2.45, 2.75) is 0 Å². The van der Waals surface area contributed by atoms with E-state index in [1.807, 2.05) is 0 Å². The van der Waals surface area contributed by atoms with Crippen LogP contribution in [0.1, 0.15) is 26.3 Å². The van der Waals surface area contributed by atoms with Crippen LogP contribution in [0.3, 0.4) is 0 Å². The number of phenolic OH excluding ortho intramolecular Hbond substituents is 1. The van der Waals surface area contributed by atoms with E-state index in [9.17, 15) is 14.7 Å². The molecule has 144 valence electrons. The van der Waals surface area contributed by atoms with E-state index in [4.69, 9.17) is 23.2 Å². The third kappa shape index (κ3) is 3.55. The molecule has 1 aliphatic heterocycles. The standard InChI is InChI=1S/C21H11BrCl2N2O3/c22-12-7-11(19(27)17(24)8-12)10-25-18-6-5-13(9-16(18)23)26-20(28)14-3-1-2-4-15(14)21(26)29/h1-10,27H. The fourth-order valence-corrected chi connectivity index (χ4v) is 4.04. The van der Waals surface area contributed by atoms with E-state index in [0.717, 1.165) is 4.90 Å². The SMILES string of the molecule is O=C1c2ccccc2C(=O)N1c1ccc(N=Cc2cc(Br)cc(Cl)c2O)c(Cl)c1. The molecule has 0 aliphatic carbocycles. The Balaban J connectivity index is 1.65. The highest BCUT2D eigenvalue weighted by Gasteiger charge is 2.36. The zero-order chi connectivity index (χ0) is 20.7. The number of aromatic hydroxyl groups is 1. The molecule has 8 heteroatoms. The van der Waals surface area contributed by atoms with E-state index in [1.54, 1.807) is 48.5 Å². The molecule has 1 N–H and O–H groups in total. The smallest absolute Gasteiger partial charge is 0.266 e. The molecular formula is C21H11BrCl2N2O3. The Labute approximate surface area is 184 Å². The fourth-order valence-electron chi connectivity index (χ4n) is 2.99. The van der Waals surface area contributed by atoms with Crippen molar-refractivity contribution in [3.8, 4) is 5.75 Å². The summed E-state index contributed by atoms with van der Waals surface area (Å²) in [4.78, 5) is 30.6. The summed E-state index contributed by atoms with van der Waals surface area (Å²) in [7, 11) is 0. The molecule has 0 unspecified atom stereocenters. The molecule has 4 rings (SSSR count). The summed E-state index contributed by atoms with van der Waals surface area (Å²) in [6.45, 7) is 0. The van der Waals surface area contributed by atoms with E-state index in [-0.39, 0.29) is 15.8 Å². The van der Waals surface area contributed by atoms with Crippen molar-refractivity contribution >= 4 is 68.5 Å². The van der Waals surface area contributed by atoms with E-state index < -0.39 is 11.8 Å². The van der Waals surface area contributed by atoms with Gasteiger partial charge in [0.15, 0.2) is 0 Å². The monoisotopic (exact) mass is 488 g/mol. The molecule has 1 aliphatic rings. The van der Waals surface area contributed by atoms with Crippen molar-refractivity contribution in [3.63, 3.8) is 0 Å².